The third-order valence-corrected chi connectivity index (χ3v) is 8.66. The maximum atomic E-state index is 15.8. The van der Waals surface area contributed by atoms with Crippen molar-refractivity contribution in [3.63, 3.8) is 0 Å². The van der Waals surface area contributed by atoms with Crippen molar-refractivity contribution in [3.05, 3.63) is 89.4 Å². The average Bonchev–Trinajstić information content (AvgIpc) is 3.34. The number of benzene rings is 3. The van der Waals surface area contributed by atoms with Crippen molar-refractivity contribution in [2.24, 2.45) is 18.9 Å². The Labute approximate surface area is 229 Å². The third-order valence-electron chi connectivity index (χ3n) is 8.66. The lowest BCUT2D eigenvalue weighted by Gasteiger charge is -2.34. The summed E-state index contributed by atoms with van der Waals surface area (Å²) in [4.78, 5) is 0. The summed E-state index contributed by atoms with van der Waals surface area (Å²) in [7, 11) is 1.99. The first kappa shape index (κ1) is 19.6. The van der Waals surface area contributed by atoms with Gasteiger partial charge in [0.15, 0.2) is 6.20 Å². The largest absolute Gasteiger partial charge is 0.454 e. The molecule has 1 fully saturated rings. The minimum atomic E-state index is -1.72. The molecule has 0 aliphatic heterocycles. The summed E-state index contributed by atoms with van der Waals surface area (Å²) in [6.45, 7) is 2.04. The maximum absolute atomic E-state index is 15.8. The van der Waals surface area contributed by atoms with Crippen LogP contribution in [0.15, 0.2) is 71.3 Å². The molecule has 2 heterocycles. The molecule has 1 unspecified atom stereocenters. The minimum Gasteiger partial charge on any atom is -0.454 e. The number of halogens is 1. The van der Waals surface area contributed by atoms with E-state index in [1.807, 2.05) is 49.0 Å². The molecule has 1 saturated carbocycles. The van der Waals surface area contributed by atoms with Crippen LogP contribution in [0, 0.1) is 24.6 Å². The molecule has 38 heavy (non-hydrogen) atoms. The van der Waals surface area contributed by atoms with E-state index in [0.29, 0.717) is 27.9 Å². The van der Waals surface area contributed by atoms with Gasteiger partial charge in [0.05, 0.1) is 11.1 Å². The summed E-state index contributed by atoms with van der Waals surface area (Å²) in [5.74, 6) is -0.644. The predicted octanol–water partition coefficient (Wildman–Crippen LogP) is 8.88. The van der Waals surface area contributed by atoms with Crippen LogP contribution in [0.1, 0.15) is 60.7 Å². The second-order valence-electron chi connectivity index (χ2n) is 11.0. The first-order valence-electron chi connectivity index (χ1n) is 15.8. The summed E-state index contributed by atoms with van der Waals surface area (Å²) in [5.41, 5.74) is 5.55. The monoisotopic (exact) mass is 508 g/mol. The highest BCUT2D eigenvalue weighted by Crippen LogP contribution is 2.43. The fourth-order valence-electron chi connectivity index (χ4n) is 6.61. The normalized spacial score (nSPS) is 22.4. The summed E-state index contributed by atoms with van der Waals surface area (Å²) >= 11 is 0. The number of nitrogens with zero attached hydrogens (tertiary/aromatic N) is 1. The van der Waals surface area contributed by atoms with Crippen molar-refractivity contribution in [1.82, 2.24) is 0 Å². The second-order valence-corrected chi connectivity index (χ2v) is 11.0. The van der Waals surface area contributed by atoms with Crippen LogP contribution in [-0.2, 0) is 19.8 Å². The van der Waals surface area contributed by atoms with Gasteiger partial charge in [0.2, 0.25) is 5.69 Å². The van der Waals surface area contributed by atoms with E-state index < -0.39 is 18.6 Å². The van der Waals surface area contributed by atoms with Crippen LogP contribution in [0.5, 0.6) is 0 Å². The zero-order chi connectivity index (χ0) is 29.4. The smallest absolute Gasteiger partial charge is 0.216 e. The highest BCUT2D eigenvalue weighted by molar-refractivity contribution is 6.13. The van der Waals surface area contributed by atoms with Crippen LogP contribution < -0.4 is 4.57 Å². The number of aryl methyl sites for hydroxylation is 3. The Hall–Kier alpha value is -3.46. The molecule has 0 amide bonds. The number of fused-ring (bicyclic) bond motifs is 4. The van der Waals surface area contributed by atoms with Crippen LogP contribution in [0.25, 0.3) is 44.3 Å². The lowest BCUT2D eigenvalue weighted by molar-refractivity contribution is -0.660. The van der Waals surface area contributed by atoms with Gasteiger partial charge in [-0.25, -0.2) is 8.96 Å². The molecule has 3 aromatic carbocycles. The number of pyridine rings is 1. The fourth-order valence-corrected chi connectivity index (χ4v) is 6.61. The molecule has 0 N–H and O–H groups in total. The van der Waals surface area contributed by atoms with Crippen LogP contribution in [0.3, 0.4) is 0 Å². The zero-order valence-electron chi connectivity index (χ0n) is 26.0. The summed E-state index contributed by atoms with van der Waals surface area (Å²) in [5, 5.41) is 1.67. The Morgan fingerprint density at radius 1 is 0.842 bits per heavy atom. The minimum absolute atomic E-state index is 0.134. The Kier molecular flexibility index (Phi) is 4.83. The highest BCUT2D eigenvalue weighted by Gasteiger charge is 2.28. The first-order valence-corrected chi connectivity index (χ1v) is 13.8. The van der Waals surface area contributed by atoms with Crippen molar-refractivity contribution in [1.29, 1.82) is 0 Å². The van der Waals surface area contributed by atoms with Gasteiger partial charge in [-0.05, 0) is 78.4 Å². The Bertz CT molecular complexity index is 1850. The van der Waals surface area contributed by atoms with E-state index in [9.17, 15) is 0 Å². The fraction of sp³-hybridized carbons (Fsp3) is 0.343. The third kappa shape index (κ3) is 3.86. The van der Waals surface area contributed by atoms with Gasteiger partial charge < -0.3 is 4.42 Å². The van der Waals surface area contributed by atoms with Gasteiger partial charge in [0.25, 0.3) is 0 Å². The number of rotatable bonds is 3. The summed E-state index contributed by atoms with van der Waals surface area (Å²) in [6, 6.07) is 18.4. The molecule has 2 aliphatic carbocycles. The number of hydrogen-bond donors (Lipinski definition) is 0. The van der Waals surface area contributed by atoms with Crippen LogP contribution in [0.4, 0.5) is 4.39 Å². The van der Waals surface area contributed by atoms with E-state index >= 15 is 4.39 Å². The topological polar surface area (TPSA) is 17.0 Å². The molecule has 7 rings (SSSR count). The van der Waals surface area contributed by atoms with Crippen molar-refractivity contribution >= 4 is 21.9 Å². The van der Waals surface area contributed by atoms with Gasteiger partial charge in [-0.15, -0.1) is 0 Å². The Morgan fingerprint density at radius 3 is 2.45 bits per heavy atom. The van der Waals surface area contributed by atoms with E-state index in [2.05, 4.69) is 6.07 Å². The van der Waals surface area contributed by atoms with Crippen molar-refractivity contribution in [3.8, 4) is 22.4 Å². The Morgan fingerprint density at radius 2 is 1.63 bits per heavy atom. The number of furan rings is 1. The van der Waals surface area contributed by atoms with Crippen LogP contribution in [0.2, 0.25) is 0 Å². The molecule has 2 aromatic heterocycles. The van der Waals surface area contributed by atoms with Gasteiger partial charge in [-0.3, -0.25) is 0 Å². The van der Waals surface area contributed by atoms with Gasteiger partial charge in [0.1, 0.15) is 24.0 Å². The SMILES string of the molecule is [2H]C1([2H])CC(C2CCCCC2)C([2H])([2H])c2ccc(-c3c(F)ccc4c3oc3c(-c5cccc[n+]5C)c(C)ccc34)cc21. The summed E-state index contributed by atoms with van der Waals surface area (Å²) < 4.78 is 60.7. The molecular weight excluding hydrogens is 469 g/mol. The van der Waals surface area contributed by atoms with Gasteiger partial charge >= 0.3 is 0 Å². The van der Waals surface area contributed by atoms with Crippen molar-refractivity contribution < 1.29 is 18.9 Å². The molecule has 0 spiro atoms. The molecule has 1 atom stereocenters. The van der Waals surface area contributed by atoms with Gasteiger partial charge in [-0.2, -0.15) is 0 Å². The summed E-state index contributed by atoms with van der Waals surface area (Å²) in [6.07, 6.45) is 3.99. The van der Waals surface area contributed by atoms with E-state index in [-0.39, 0.29) is 23.8 Å². The second kappa shape index (κ2) is 9.38. The molecule has 3 heteroatoms. The quantitative estimate of drug-likeness (QED) is 0.222. The molecule has 2 nitrogen and oxygen atoms in total. The van der Waals surface area contributed by atoms with E-state index in [0.717, 1.165) is 53.3 Å². The highest BCUT2D eigenvalue weighted by atomic mass is 19.1. The standard InChI is InChI=1S/C35H35FNO/c1-22-11-16-28-29-17-18-30(36)33(35(29)38-34(28)32(22)31-10-6-7-19-37(31)2)27-15-14-25-20-24(12-13-26(25)21-27)23-8-4-3-5-9-23/h6-7,10-11,14-19,21,23-24H,3-5,8-9,12-13,20H2,1-2H3/q+1/i13D2,20D2. The van der Waals surface area contributed by atoms with Gasteiger partial charge in [0, 0.05) is 28.4 Å². The molecule has 0 bridgehead atoms. The predicted molar refractivity (Wildman–Crippen MR) is 153 cm³/mol. The van der Waals surface area contributed by atoms with E-state index in [1.54, 1.807) is 24.3 Å². The zero-order valence-corrected chi connectivity index (χ0v) is 22.0. The van der Waals surface area contributed by atoms with Crippen LogP contribution in [-0.4, -0.2) is 0 Å². The molecular formula is C35H35FNO+. The molecule has 5 aromatic rings. The van der Waals surface area contributed by atoms with E-state index in [1.165, 1.54) is 12.5 Å². The van der Waals surface area contributed by atoms with Gasteiger partial charge in [-0.1, -0.05) is 62.4 Å². The molecule has 0 saturated heterocycles. The average molecular weight is 509 g/mol. The van der Waals surface area contributed by atoms with E-state index in [4.69, 9.17) is 9.90 Å². The lowest BCUT2D eigenvalue weighted by atomic mass is 9.71. The Balaban J connectivity index is 1.41. The molecule has 192 valence electrons. The number of aromatic nitrogens is 1. The number of hydrogen-bond acceptors (Lipinski definition) is 1. The lowest BCUT2D eigenvalue weighted by Crippen LogP contribution is -2.30. The maximum Gasteiger partial charge on any atom is 0.216 e. The molecule has 2 aliphatic rings. The van der Waals surface area contributed by atoms with Crippen LogP contribution >= 0.6 is 0 Å². The first-order chi connectivity index (χ1) is 20.1. The molecule has 0 radical (unpaired) electrons. The van der Waals surface area contributed by atoms with Crippen molar-refractivity contribution in [2.75, 3.05) is 0 Å². The van der Waals surface area contributed by atoms with Crippen molar-refractivity contribution in [2.45, 2.75) is 58.2 Å².